The van der Waals surface area contributed by atoms with Crippen LogP contribution in [0, 0.1) is 5.82 Å². The average Bonchev–Trinajstić information content (AvgIpc) is 2.72. The molecule has 6 heteroatoms. The molecular weight excluding hydrogens is 231 g/mol. The van der Waals surface area contributed by atoms with Crippen LogP contribution in [0.15, 0.2) is 24.5 Å². The third-order valence-corrected chi connectivity index (χ3v) is 2.65. The Balaban J connectivity index is 2.30. The summed E-state index contributed by atoms with van der Waals surface area (Å²) in [4.78, 5) is 3.97. The highest BCUT2D eigenvalue weighted by atomic mass is 35.5. The lowest BCUT2D eigenvalue weighted by Gasteiger charge is -2.06. The molecule has 0 aliphatic carbocycles. The normalized spacial score (nSPS) is 10.7. The molecule has 84 valence electrons. The maximum absolute atomic E-state index is 13.2. The number of nitrogens with two attached hydrogens (primary N) is 1. The van der Waals surface area contributed by atoms with E-state index in [0.29, 0.717) is 17.9 Å². The van der Waals surface area contributed by atoms with Crippen molar-refractivity contribution in [1.82, 2.24) is 14.8 Å². The minimum Gasteiger partial charge on any atom is -0.324 e. The van der Waals surface area contributed by atoms with Crippen molar-refractivity contribution in [1.29, 1.82) is 0 Å². The van der Waals surface area contributed by atoms with Crippen LogP contribution >= 0.6 is 11.6 Å². The standard InChI is InChI=1S/C10H10ClFN4/c11-10-7(2-1-3-8(10)12)5-16-9(4-13)14-6-15-16/h1-3,6H,4-5,13H2. The van der Waals surface area contributed by atoms with Crippen LogP contribution in [-0.2, 0) is 13.1 Å². The van der Waals surface area contributed by atoms with Crippen LogP contribution in [0.25, 0.3) is 0 Å². The van der Waals surface area contributed by atoms with Crippen molar-refractivity contribution in [3.63, 3.8) is 0 Å². The first-order valence-corrected chi connectivity index (χ1v) is 5.10. The van der Waals surface area contributed by atoms with E-state index in [9.17, 15) is 4.39 Å². The Morgan fingerprint density at radius 3 is 3.00 bits per heavy atom. The molecule has 0 atom stereocenters. The Labute approximate surface area is 96.9 Å². The fourth-order valence-corrected chi connectivity index (χ4v) is 1.60. The molecule has 0 aliphatic heterocycles. The van der Waals surface area contributed by atoms with Gasteiger partial charge in [0, 0.05) is 0 Å². The maximum Gasteiger partial charge on any atom is 0.142 e. The molecule has 0 unspecified atom stereocenters. The van der Waals surface area contributed by atoms with Gasteiger partial charge in [0.25, 0.3) is 0 Å². The molecule has 16 heavy (non-hydrogen) atoms. The van der Waals surface area contributed by atoms with Gasteiger partial charge in [0.05, 0.1) is 18.1 Å². The minimum atomic E-state index is -0.436. The summed E-state index contributed by atoms with van der Waals surface area (Å²) in [5, 5.41) is 4.11. The molecule has 0 radical (unpaired) electrons. The SMILES string of the molecule is NCc1ncnn1Cc1cccc(F)c1Cl. The molecule has 1 aromatic carbocycles. The molecule has 4 nitrogen and oxygen atoms in total. The first-order valence-electron chi connectivity index (χ1n) is 4.72. The number of aromatic nitrogens is 3. The van der Waals surface area contributed by atoms with Crippen molar-refractivity contribution < 1.29 is 4.39 Å². The van der Waals surface area contributed by atoms with Gasteiger partial charge < -0.3 is 5.73 Å². The quantitative estimate of drug-likeness (QED) is 0.886. The minimum absolute atomic E-state index is 0.112. The average molecular weight is 241 g/mol. The molecule has 1 heterocycles. The Morgan fingerprint density at radius 2 is 2.25 bits per heavy atom. The smallest absolute Gasteiger partial charge is 0.142 e. The molecule has 2 N–H and O–H groups in total. The van der Waals surface area contributed by atoms with Crippen molar-refractivity contribution in [2.24, 2.45) is 5.73 Å². The van der Waals surface area contributed by atoms with Crippen LogP contribution < -0.4 is 5.73 Å². The zero-order valence-electron chi connectivity index (χ0n) is 8.40. The molecule has 1 aromatic heterocycles. The summed E-state index contributed by atoms with van der Waals surface area (Å²) < 4.78 is 14.8. The van der Waals surface area contributed by atoms with Crippen molar-refractivity contribution in [2.75, 3.05) is 0 Å². The van der Waals surface area contributed by atoms with Crippen LogP contribution in [0.3, 0.4) is 0 Å². The maximum atomic E-state index is 13.2. The summed E-state index contributed by atoms with van der Waals surface area (Å²) in [6.07, 6.45) is 1.41. The Hall–Kier alpha value is -1.46. The molecule has 2 rings (SSSR count). The lowest BCUT2D eigenvalue weighted by molar-refractivity contribution is 0.611. The van der Waals surface area contributed by atoms with Gasteiger partial charge in [-0.25, -0.2) is 14.1 Å². The Bertz CT molecular complexity index is 497. The molecule has 0 fully saturated rings. The lowest BCUT2D eigenvalue weighted by Crippen LogP contribution is -2.11. The van der Waals surface area contributed by atoms with Crippen LogP contribution in [0.1, 0.15) is 11.4 Å². The summed E-state index contributed by atoms with van der Waals surface area (Å²) in [5.41, 5.74) is 6.14. The molecular formula is C10H10ClFN4. The molecule has 2 aromatic rings. The van der Waals surface area contributed by atoms with Crippen LogP contribution in [0.4, 0.5) is 4.39 Å². The summed E-state index contributed by atoms with van der Waals surface area (Å²) in [6, 6.07) is 4.67. The second-order valence-corrected chi connectivity index (χ2v) is 3.63. The van der Waals surface area contributed by atoms with Gasteiger partial charge in [-0.1, -0.05) is 23.7 Å². The lowest BCUT2D eigenvalue weighted by atomic mass is 10.2. The van der Waals surface area contributed by atoms with Crippen molar-refractivity contribution in [3.05, 3.63) is 46.8 Å². The first-order chi connectivity index (χ1) is 7.72. The fourth-order valence-electron chi connectivity index (χ4n) is 1.41. The van der Waals surface area contributed by atoms with E-state index in [-0.39, 0.29) is 11.6 Å². The third kappa shape index (κ3) is 2.05. The van der Waals surface area contributed by atoms with E-state index in [1.54, 1.807) is 16.8 Å². The highest BCUT2D eigenvalue weighted by molar-refractivity contribution is 6.31. The Kier molecular flexibility index (Phi) is 3.17. The fraction of sp³-hybridized carbons (Fsp3) is 0.200. The van der Waals surface area contributed by atoms with Crippen molar-refractivity contribution in [3.8, 4) is 0 Å². The van der Waals surface area contributed by atoms with E-state index in [4.69, 9.17) is 17.3 Å². The van der Waals surface area contributed by atoms with Gasteiger partial charge >= 0.3 is 0 Å². The van der Waals surface area contributed by atoms with Gasteiger partial charge in [0.1, 0.15) is 18.0 Å². The van der Waals surface area contributed by atoms with Crippen molar-refractivity contribution in [2.45, 2.75) is 13.1 Å². The number of hydrogen-bond donors (Lipinski definition) is 1. The number of benzene rings is 1. The summed E-state index contributed by atoms with van der Waals surface area (Å²) in [6.45, 7) is 0.649. The van der Waals surface area contributed by atoms with Gasteiger partial charge in [-0.2, -0.15) is 5.10 Å². The van der Waals surface area contributed by atoms with Crippen LogP contribution in [-0.4, -0.2) is 14.8 Å². The molecule has 0 aliphatic rings. The second-order valence-electron chi connectivity index (χ2n) is 3.25. The van der Waals surface area contributed by atoms with E-state index in [2.05, 4.69) is 10.1 Å². The predicted octanol–water partition coefficient (Wildman–Crippen LogP) is 1.58. The van der Waals surface area contributed by atoms with E-state index < -0.39 is 5.82 Å². The van der Waals surface area contributed by atoms with Crippen LogP contribution in [0.2, 0.25) is 5.02 Å². The molecule has 0 amide bonds. The second kappa shape index (κ2) is 4.59. The van der Waals surface area contributed by atoms with Gasteiger partial charge in [-0.05, 0) is 11.6 Å². The van der Waals surface area contributed by atoms with E-state index in [0.717, 1.165) is 0 Å². The molecule has 0 saturated heterocycles. The Morgan fingerprint density at radius 1 is 1.44 bits per heavy atom. The van der Waals surface area contributed by atoms with Gasteiger partial charge in [-0.3, -0.25) is 0 Å². The zero-order valence-corrected chi connectivity index (χ0v) is 9.15. The number of halogens is 2. The van der Waals surface area contributed by atoms with Crippen molar-refractivity contribution >= 4 is 11.6 Å². The zero-order chi connectivity index (χ0) is 11.5. The van der Waals surface area contributed by atoms with E-state index in [1.165, 1.54) is 12.4 Å². The predicted molar refractivity (Wildman–Crippen MR) is 58.4 cm³/mol. The number of hydrogen-bond acceptors (Lipinski definition) is 3. The van der Waals surface area contributed by atoms with E-state index in [1.807, 2.05) is 0 Å². The van der Waals surface area contributed by atoms with Gasteiger partial charge in [0.2, 0.25) is 0 Å². The number of nitrogens with zero attached hydrogens (tertiary/aromatic N) is 3. The summed E-state index contributed by atoms with van der Waals surface area (Å²) in [5.74, 6) is 0.203. The van der Waals surface area contributed by atoms with E-state index >= 15 is 0 Å². The van der Waals surface area contributed by atoms with Crippen LogP contribution in [0.5, 0.6) is 0 Å². The van der Waals surface area contributed by atoms with Gasteiger partial charge in [-0.15, -0.1) is 0 Å². The molecule has 0 bridgehead atoms. The summed E-state index contributed by atoms with van der Waals surface area (Å²) >= 11 is 5.84. The first kappa shape index (κ1) is 11.0. The molecule has 0 saturated carbocycles. The highest BCUT2D eigenvalue weighted by Gasteiger charge is 2.08. The molecule has 0 spiro atoms. The van der Waals surface area contributed by atoms with Gasteiger partial charge in [0.15, 0.2) is 0 Å². The topological polar surface area (TPSA) is 56.7 Å². The monoisotopic (exact) mass is 240 g/mol. The third-order valence-electron chi connectivity index (χ3n) is 2.23. The summed E-state index contributed by atoms with van der Waals surface area (Å²) in [7, 11) is 0. The highest BCUT2D eigenvalue weighted by Crippen LogP contribution is 2.20. The number of rotatable bonds is 3. The largest absolute Gasteiger partial charge is 0.324 e.